The van der Waals surface area contributed by atoms with Crippen LogP contribution in [0.5, 0.6) is 0 Å². The van der Waals surface area contributed by atoms with Crippen LogP contribution >= 0.6 is 0 Å². The summed E-state index contributed by atoms with van der Waals surface area (Å²) in [5.41, 5.74) is 13.6. The van der Waals surface area contributed by atoms with E-state index in [2.05, 4.69) is 9.98 Å². The van der Waals surface area contributed by atoms with Crippen molar-refractivity contribution in [1.29, 1.82) is 0 Å². The monoisotopic (exact) mass is 295 g/mol. The van der Waals surface area contributed by atoms with E-state index in [0.29, 0.717) is 6.61 Å². The fraction of sp³-hybridized carbons (Fsp3) is 0.125. The van der Waals surface area contributed by atoms with Crippen molar-refractivity contribution >= 4 is 11.9 Å². The maximum atomic E-state index is 5.95. The molecule has 2 aromatic rings. The summed E-state index contributed by atoms with van der Waals surface area (Å²) < 4.78 is 0. The van der Waals surface area contributed by atoms with E-state index < -0.39 is 6.17 Å². The maximum absolute atomic E-state index is 5.95. The number of guanidine groups is 2. The molecule has 6 heteroatoms. The second-order valence-electron chi connectivity index (χ2n) is 4.83. The summed E-state index contributed by atoms with van der Waals surface area (Å²) in [5, 5.41) is 1.48. The first kappa shape index (κ1) is 14.1. The van der Waals surface area contributed by atoms with Crippen molar-refractivity contribution in [2.45, 2.75) is 12.8 Å². The zero-order valence-electron chi connectivity index (χ0n) is 12.0. The highest BCUT2D eigenvalue weighted by Crippen LogP contribution is 2.25. The Labute approximate surface area is 128 Å². The van der Waals surface area contributed by atoms with E-state index in [1.54, 1.807) is 0 Å². The Bertz CT molecular complexity index is 684. The first-order chi connectivity index (χ1) is 10.7. The number of benzene rings is 2. The van der Waals surface area contributed by atoms with E-state index in [0.717, 1.165) is 11.1 Å². The molecule has 0 fully saturated rings. The van der Waals surface area contributed by atoms with Crippen LogP contribution in [0.2, 0.25) is 0 Å². The van der Waals surface area contributed by atoms with Crippen LogP contribution in [0.3, 0.4) is 0 Å². The maximum Gasteiger partial charge on any atom is 0.226 e. The van der Waals surface area contributed by atoms with Crippen molar-refractivity contribution in [3.63, 3.8) is 0 Å². The lowest BCUT2D eigenvalue weighted by Gasteiger charge is -2.31. The summed E-state index contributed by atoms with van der Waals surface area (Å²) in [5.74, 6) is 0.336. The van der Waals surface area contributed by atoms with Crippen molar-refractivity contribution in [3.05, 3.63) is 71.8 Å². The minimum Gasteiger partial charge on any atom is -0.368 e. The third-order valence-corrected chi connectivity index (χ3v) is 3.24. The average Bonchev–Trinajstić information content (AvgIpc) is 2.55. The van der Waals surface area contributed by atoms with E-state index in [4.69, 9.17) is 16.3 Å². The largest absolute Gasteiger partial charge is 0.368 e. The van der Waals surface area contributed by atoms with Crippen LogP contribution in [-0.4, -0.2) is 17.0 Å². The quantitative estimate of drug-likeness (QED) is 0.899. The molecule has 0 saturated heterocycles. The standard InChI is InChI=1S/C16H17N5O/c17-15-19-14(13-9-5-2-6-10-13)21(16(18)20-15)22-11-12-7-3-1-4-8-12/h1-10,14H,11H2,(H4,17,18,19,20). The van der Waals surface area contributed by atoms with Crippen LogP contribution in [0, 0.1) is 0 Å². The molecular formula is C16H17N5O. The molecule has 0 aliphatic carbocycles. The smallest absolute Gasteiger partial charge is 0.226 e. The van der Waals surface area contributed by atoms with Gasteiger partial charge >= 0.3 is 0 Å². The van der Waals surface area contributed by atoms with E-state index in [1.165, 1.54) is 5.06 Å². The molecule has 2 aromatic carbocycles. The molecule has 3 rings (SSSR count). The zero-order valence-corrected chi connectivity index (χ0v) is 12.0. The van der Waals surface area contributed by atoms with Gasteiger partial charge < -0.3 is 11.5 Å². The normalized spacial score (nSPS) is 17.8. The van der Waals surface area contributed by atoms with E-state index in [-0.39, 0.29) is 11.9 Å². The van der Waals surface area contributed by atoms with Crippen LogP contribution in [-0.2, 0) is 11.4 Å². The van der Waals surface area contributed by atoms with Gasteiger partial charge in [0.2, 0.25) is 11.9 Å². The lowest BCUT2D eigenvalue weighted by atomic mass is 10.2. The molecule has 22 heavy (non-hydrogen) atoms. The van der Waals surface area contributed by atoms with Gasteiger partial charge in [0.15, 0.2) is 6.17 Å². The van der Waals surface area contributed by atoms with Gasteiger partial charge in [-0.2, -0.15) is 10.1 Å². The van der Waals surface area contributed by atoms with Crippen molar-refractivity contribution in [2.75, 3.05) is 0 Å². The predicted molar refractivity (Wildman–Crippen MR) is 85.5 cm³/mol. The fourth-order valence-corrected chi connectivity index (χ4v) is 2.19. The molecule has 0 aromatic heterocycles. The Hall–Kier alpha value is -2.86. The molecule has 1 aliphatic rings. The van der Waals surface area contributed by atoms with E-state index >= 15 is 0 Å². The Morgan fingerprint density at radius 3 is 2.27 bits per heavy atom. The van der Waals surface area contributed by atoms with Crippen LogP contribution in [0.15, 0.2) is 70.6 Å². The summed E-state index contributed by atoms with van der Waals surface area (Å²) in [6, 6.07) is 19.5. The van der Waals surface area contributed by atoms with Gasteiger partial charge in [0.05, 0.1) is 0 Å². The summed E-state index contributed by atoms with van der Waals surface area (Å²) in [6.07, 6.45) is -0.442. The van der Waals surface area contributed by atoms with Crippen LogP contribution in [0.4, 0.5) is 0 Å². The Morgan fingerprint density at radius 1 is 0.955 bits per heavy atom. The average molecular weight is 295 g/mol. The summed E-state index contributed by atoms with van der Waals surface area (Å²) in [7, 11) is 0. The highest BCUT2D eigenvalue weighted by molar-refractivity contribution is 5.94. The number of hydroxylamine groups is 2. The minimum atomic E-state index is -0.442. The van der Waals surface area contributed by atoms with E-state index in [9.17, 15) is 0 Å². The molecule has 1 aliphatic heterocycles. The summed E-state index contributed by atoms with van der Waals surface area (Å²) in [4.78, 5) is 14.1. The molecule has 1 heterocycles. The molecule has 4 N–H and O–H groups in total. The van der Waals surface area contributed by atoms with Gasteiger partial charge in [-0.1, -0.05) is 60.7 Å². The SMILES string of the molecule is NC1=NC(c2ccccc2)N(OCc2ccccc2)C(N)=N1. The lowest BCUT2D eigenvalue weighted by Crippen LogP contribution is -2.43. The van der Waals surface area contributed by atoms with Crippen LogP contribution in [0.25, 0.3) is 0 Å². The van der Waals surface area contributed by atoms with Gasteiger partial charge in [0, 0.05) is 0 Å². The minimum absolute atomic E-state index is 0.144. The van der Waals surface area contributed by atoms with Gasteiger partial charge in [-0.25, -0.2) is 4.99 Å². The molecular weight excluding hydrogens is 278 g/mol. The van der Waals surface area contributed by atoms with Gasteiger partial charge in [0.25, 0.3) is 0 Å². The molecule has 0 amide bonds. The number of nitrogens with two attached hydrogens (primary N) is 2. The highest BCUT2D eigenvalue weighted by atomic mass is 16.7. The molecule has 0 spiro atoms. The number of nitrogens with zero attached hydrogens (tertiary/aromatic N) is 3. The second kappa shape index (κ2) is 6.28. The fourth-order valence-electron chi connectivity index (χ4n) is 2.19. The number of hydrogen-bond donors (Lipinski definition) is 2. The van der Waals surface area contributed by atoms with Crippen LogP contribution in [0.1, 0.15) is 17.3 Å². The number of hydrogen-bond acceptors (Lipinski definition) is 6. The predicted octanol–water partition coefficient (Wildman–Crippen LogP) is 1.76. The van der Waals surface area contributed by atoms with Gasteiger partial charge in [0.1, 0.15) is 6.61 Å². The number of aliphatic imine (C=N–C) groups is 2. The van der Waals surface area contributed by atoms with Crippen molar-refractivity contribution in [2.24, 2.45) is 21.5 Å². The number of rotatable bonds is 4. The molecule has 0 radical (unpaired) electrons. The Kier molecular flexibility index (Phi) is 4.02. The molecule has 1 atom stereocenters. The van der Waals surface area contributed by atoms with Crippen LogP contribution < -0.4 is 11.5 Å². The van der Waals surface area contributed by atoms with Gasteiger partial charge in [-0.15, -0.1) is 0 Å². The molecule has 1 unspecified atom stereocenters. The Balaban J connectivity index is 1.81. The molecule has 0 saturated carbocycles. The highest BCUT2D eigenvalue weighted by Gasteiger charge is 2.27. The van der Waals surface area contributed by atoms with Gasteiger partial charge in [-0.3, -0.25) is 4.84 Å². The third kappa shape index (κ3) is 3.07. The molecule has 112 valence electrons. The Morgan fingerprint density at radius 2 is 1.59 bits per heavy atom. The van der Waals surface area contributed by atoms with Crippen molar-refractivity contribution in [1.82, 2.24) is 5.06 Å². The van der Waals surface area contributed by atoms with Crippen molar-refractivity contribution < 1.29 is 4.84 Å². The van der Waals surface area contributed by atoms with E-state index in [1.807, 2.05) is 60.7 Å². The third-order valence-electron chi connectivity index (χ3n) is 3.24. The first-order valence-corrected chi connectivity index (χ1v) is 6.92. The topological polar surface area (TPSA) is 89.2 Å². The first-order valence-electron chi connectivity index (χ1n) is 6.92. The zero-order chi connectivity index (χ0) is 15.4. The lowest BCUT2D eigenvalue weighted by molar-refractivity contribution is -0.141. The second-order valence-corrected chi connectivity index (χ2v) is 4.83. The molecule has 0 bridgehead atoms. The van der Waals surface area contributed by atoms with Crippen molar-refractivity contribution in [3.8, 4) is 0 Å². The molecule has 6 nitrogen and oxygen atoms in total. The summed E-state index contributed by atoms with van der Waals surface area (Å²) >= 11 is 0. The van der Waals surface area contributed by atoms with Gasteiger partial charge in [-0.05, 0) is 11.1 Å². The summed E-state index contributed by atoms with van der Waals surface area (Å²) in [6.45, 7) is 0.371.